The van der Waals surface area contributed by atoms with Crippen LogP contribution in [0.5, 0.6) is 0 Å². The molecule has 0 radical (unpaired) electrons. The molecule has 1 heterocycles. The van der Waals surface area contributed by atoms with E-state index in [-0.39, 0.29) is 20.8 Å². The molecule has 0 bridgehead atoms. The molecule has 0 atom stereocenters. The molecule has 0 aliphatic rings. The molecule has 1 aromatic heterocycles. The average Bonchev–Trinajstić information content (AvgIpc) is 2.74. The standard InChI is InChI=1S/C13H8FNSSe/c14-9-5-7-10(8-6-9)17-13-15-11-3-1-2-4-12(11)16-13/h1-8H. The predicted octanol–water partition coefficient (Wildman–Crippen LogP) is 2.09. The molecular weight excluding hydrogens is 300 g/mol. The molecule has 0 unspecified atom stereocenters. The zero-order valence-corrected chi connectivity index (χ0v) is 11.3. The SMILES string of the molecule is Fc1ccc([Se]c2nc3ccccc3s2)cc1. The van der Waals surface area contributed by atoms with Crippen molar-refractivity contribution >= 4 is 44.9 Å². The molecular formula is C13H8FNSSe. The molecule has 3 rings (SSSR count). The maximum atomic E-state index is 12.8. The Hall–Kier alpha value is -1.22. The molecule has 0 amide bonds. The average molecular weight is 308 g/mol. The summed E-state index contributed by atoms with van der Waals surface area (Å²) in [6, 6.07) is 14.8. The van der Waals surface area contributed by atoms with E-state index in [4.69, 9.17) is 0 Å². The van der Waals surface area contributed by atoms with Gasteiger partial charge in [0, 0.05) is 0 Å². The Labute approximate surface area is 108 Å². The monoisotopic (exact) mass is 309 g/mol. The van der Waals surface area contributed by atoms with Crippen molar-refractivity contribution in [2.45, 2.75) is 0 Å². The topological polar surface area (TPSA) is 12.9 Å². The van der Waals surface area contributed by atoms with Crippen LogP contribution >= 0.6 is 11.3 Å². The van der Waals surface area contributed by atoms with Crippen LogP contribution in [0.3, 0.4) is 0 Å². The van der Waals surface area contributed by atoms with Gasteiger partial charge >= 0.3 is 109 Å². The summed E-state index contributed by atoms with van der Waals surface area (Å²) in [5, 5.41) is 0. The summed E-state index contributed by atoms with van der Waals surface area (Å²) >= 11 is 1.88. The van der Waals surface area contributed by atoms with Gasteiger partial charge in [0.1, 0.15) is 0 Å². The van der Waals surface area contributed by atoms with Crippen molar-refractivity contribution in [3.05, 3.63) is 54.3 Å². The van der Waals surface area contributed by atoms with Crippen molar-refractivity contribution in [3.8, 4) is 0 Å². The van der Waals surface area contributed by atoms with E-state index in [0.717, 1.165) is 13.9 Å². The molecule has 4 heteroatoms. The van der Waals surface area contributed by atoms with Crippen LogP contribution in [0.2, 0.25) is 0 Å². The van der Waals surface area contributed by atoms with Crippen LogP contribution in [0.4, 0.5) is 4.39 Å². The zero-order valence-electron chi connectivity index (χ0n) is 8.76. The second-order valence-corrected chi connectivity index (χ2v) is 7.35. The van der Waals surface area contributed by atoms with Gasteiger partial charge in [-0.1, -0.05) is 0 Å². The van der Waals surface area contributed by atoms with E-state index in [0.29, 0.717) is 0 Å². The number of aromatic nitrogens is 1. The van der Waals surface area contributed by atoms with Gasteiger partial charge in [0.25, 0.3) is 0 Å². The number of hydrogen-bond donors (Lipinski definition) is 0. The molecule has 17 heavy (non-hydrogen) atoms. The second-order valence-electron chi connectivity index (χ2n) is 3.50. The number of halogens is 1. The number of rotatable bonds is 2. The first-order valence-corrected chi connectivity index (χ1v) is 7.63. The van der Waals surface area contributed by atoms with Crippen LogP contribution in [0.1, 0.15) is 0 Å². The normalized spacial score (nSPS) is 10.9. The minimum atomic E-state index is -0.186. The molecule has 2 aromatic carbocycles. The van der Waals surface area contributed by atoms with Crippen molar-refractivity contribution in [2.75, 3.05) is 0 Å². The number of fused-ring (bicyclic) bond motifs is 1. The van der Waals surface area contributed by atoms with E-state index in [1.165, 1.54) is 16.8 Å². The Kier molecular flexibility index (Phi) is 2.93. The van der Waals surface area contributed by atoms with Gasteiger partial charge in [0.2, 0.25) is 0 Å². The third-order valence-corrected chi connectivity index (χ3v) is 5.71. The predicted molar refractivity (Wildman–Crippen MR) is 71.0 cm³/mol. The maximum absolute atomic E-state index is 12.8. The molecule has 0 N–H and O–H groups in total. The third-order valence-electron chi connectivity index (χ3n) is 2.29. The fourth-order valence-electron chi connectivity index (χ4n) is 1.50. The number of para-hydroxylation sites is 1. The van der Waals surface area contributed by atoms with Crippen molar-refractivity contribution in [3.63, 3.8) is 0 Å². The van der Waals surface area contributed by atoms with E-state index in [9.17, 15) is 4.39 Å². The van der Waals surface area contributed by atoms with Crippen LogP contribution in [-0.4, -0.2) is 19.9 Å². The minimum absolute atomic E-state index is 0.164. The zero-order chi connectivity index (χ0) is 11.7. The van der Waals surface area contributed by atoms with E-state index >= 15 is 0 Å². The summed E-state index contributed by atoms with van der Waals surface area (Å²) in [6.45, 7) is 0. The van der Waals surface area contributed by atoms with Gasteiger partial charge < -0.3 is 0 Å². The summed E-state index contributed by atoms with van der Waals surface area (Å²) in [4.78, 5) is 4.58. The van der Waals surface area contributed by atoms with Crippen LogP contribution in [0.15, 0.2) is 48.5 Å². The second kappa shape index (κ2) is 4.57. The van der Waals surface area contributed by atoms with E-state index < -0.39 is 0 Å². The fraction of sp³-hybridized carbons (Fsp3) is 0. The molecule has 0 saturated heterocycles. The molecule has 0 saturated carbocycles. The molecule has 0 fully saturated rings. The Balaban J connectivity index is 1.92. The third kappa shape index (κ3) is 2.39. The Morgan fingerprint density at radius 3 is 2.53 bits per heavy atom. The molecule has 3 aromatic rings. The van der Waals surface area contributed by atoms with Gasteiger partial charge in [-0.2, -0.15) is 0 Å². The molecule has 1 nitrogen and oxygen atoms in total. The van der Waals surface area contributed by atoms with E-state index in [1.54, 1.807) is 11.3 Å². The van der Waals surface area contributed by atoms with Crippen molar-refractivity contribution in [2.24, 2.45) is 0 Å². The number of thiazole rings is 1. The van der Waals surface area contributed by atoms with Crippen LogP contribution in [0, 0.1) is 5.82 Å². The molecule has 0 aliphatic carbocycles. The summed E-state index contributed by atoms with van der Waals surface area (Å²) < 4.78 is 16.3. The Morgan fingerprint density at radius 1 is 1.00 bits per heavy atom. The van der Waals surface area contributed by atoms with Crippen LogP contribution in [0.25, 0.3) is 10.2 Å². The number of benzene rings is 2. The molecule has 0 aliphatic heterocycles. The van der Waals surface area contributed by atoms with Crippen molar-refractivity contribution < 1.29 is 4.39 Å². The van der Waals surface area contributed by atoms with Gasteiger partial charge in [-0.25, -0.2) is 0 Å². The summed E-state index contributed by atoms with van der Waals surface area (Å²) in [5.74, 6) is -0.186. The molecule has 0 spiro atoms. The van der Waals surface area contributed by atoms with Crippen molar-refractivity contribution in [1.82, 2.24) is 4.98 Å². The number of hydrogen-bond acceptors (Lipinski definition) is 2. The fourth-order valence-corrected chi connectivity index (χ4v) is 4.86. The Bertz CT molecular complexity index is 615. The first kappa shape index (κ1) is 10.9. The summed E-state index contributed by atoms with van der Waals surface area (Å²) in [5.41, 5.74) is 1.05. The first-order valence-electron chi connectivity index (χ1n) is 5.10. The van der Waals surface area contributed by atoms with Gasteiger partial charge in [-0.05, 0) is 0 Å². The van der Waals surface area contributed by atoms with Gasteiger partial charge in [-0.3, -0.25) is 0 Å². The summed E-state index contributed by atoms with van der Waals surface area (Å²) in [6.07, 6.45) is 0. The van der Waals surface area contributed by atoms with Gasteiger partial charge in [-0.15, -0.1) is 0 Å². The first-order chi connectivity index (χ1) is 8.31. The number of nitrogens with zero attached hydrogens (tertiary/aromatic N) is 1. The van der Waals surface area contributed by atoms with Gasteiger partial charge in [0.15, 0.2) is 0 Å². The van der Waals surface area contributed by atoms with Crippen molar-refractivity contribution in [1.29, 1.82) is 0 Å². The van der Waals surface area contributed by atoms with Gasteiger partial charge in [0.05, 0.1) is 0 Å². The summed E-state index contributed by atoms with van der Waals surface area (Å²) in [7, 11) is 0. The van der Waals surface area contributed by atoms with Crippen LogP contribution in [-0.2, 0) is 0 Å². The quantitative estimate of drug-likeness (QED) is 0.661. The Morgan fingerprint density at radius 2 is 1.76 bits per heavy atom. The molecule has 84 valence electrons. The van der Waals surface area contributed by atoms with E-state index in [1.807, 2.05) is 30.3 Å². The van der Waals surface area contributed by atoms with Crippen LogP contribution < -0.4 is 8.37 Å². The van der Waals surface area contributed by atoms with E-state index in [2.05, 4.69) is 11.1 Å².